The molecule has 0 saturated heterocycles. The van der Waals surface area contributed by atoms with Crippen LogP contribution in [0.15, 0.2) is 41.3 Å². The zero-order chi connectivity index (χ0) is 16.4. The Labute approximate surface area is 134 Å². The molecule has 0 aliphatic heterocycles. The van der Waals surface area contributed by atoms with Crippen molar-refractivity contribution in [2.24, 2.45) is 0 Å². The van der Waals surface area contributed by atoms with Crippen LogP contribution in [0.2, 0.25) is 0 Å². The van der Waals surface area contributed by atoms with Crippen LogP contribution in [0.5, 0.6) is 5.75 Å². The molecule has 120 valence electrons. The van der Waals surface area contributed by atoms with E-state index in [9.17, 15) is 9.59 Å². The smallest absolute Gasteiger partial charge is 0.258 e. The molecule has 5 heteroatoms. The van der Waals surface area contributed by atoms with E-state index in [1.165, 1.54) is 30.5 Å². The van der Waals surface area contributed by atoms with Gasteiger partial charge in [-0.15, -0.1) is 0 Å². The molecule has 1 amide bonds. The summed E-state index contributed by atoms with van der Waals surface area (Å²) in [6.07, 6.45) is 3.53. The van der Waals surface area contributed by atoms with Gasteiger partial charge in [0.15, 0.2) is 0 Å². The van der Waals surface area contributed by atoms with Crippen LogP contribution in [0.4, 0.5) is 0 Å². The minimum Gasteiger partial charge on any atom is -0.496 e. The van der Waals surface area contributed by atoms with Crippen molar-refractivity contribution in [2.45, 2.75) is 18.8 Å². The van der Waals surface area contributed by atoms with Crippen molar-refractivity contribution in [1.82, 2.24) is 9.88 Å². The van der Waals surface area contributed by atoms with E-state index < -0.39 is 0 Å². The van der Waals surface area contributed by atoms with Crippen molar-refractivity contribution in [2.75, 3.05) is 20.7 Å². The van der Waals surface area contributed by atoms with Crippen molar-refractivity contribution in [3.8, 4) is 5.75 Å². The Morgan fingerprint density at radius 3 is 2.96 bits per heavy atom. The third-order valence-corrected chi connectivity index (χ3v) is 4.43. The predicted molar refractivity (Wildman–Crippen MR) is 88.1 cm³/mol. The van der Waals surface area contributed by atoms with Gasteiger partial charge in [-0.05, 0) is 24.0 Å². The van der Waals surface area contributed by atoms with Crippen molar-refractivity contribution in [1.29, 1.82) is 0 Å². The topological polar surface area (TPSA) is 62.4 Å². The Morgan fingerprint density at radius 1 is 1.39 bits per heavy atom. The number of hydrogen-bond acceptors (Lipinski definition) is 3. The Morgan fingerprint density at radius 2 is 2.17 bits per heavy atom. The van der Waals surface area contributed by atoms with E-state index in [2.05, 4.69) is 23.2 Å². The number of methoxy groups -OCH3 is 1. The number of fused-ring (bicyclic) bond motifs is 1. The van der Waals surface area contributed by atoms with Gasteiger partial charge in [0.1, 0.15) is 5.75 Å². The summed E-state index contributed by atoms with van der Waals surface area (Å²) in [7, 11) is 3.24. The third-order valence-electron chi connectivity index (χ3n) is 4.43. The first-order valence-electron chi connectivity index (χ1n) is 7.70. The van der Waals surface area contributed by atoms with Gasteiger partial charge in [0.05, 0.1) is 12.7 Å². The average molecular weight is 312 g/mol. The number of nitrogens with one attached hydrogen (secondary N) is 1. The molecule has 23 heavy (non-hydrogen) atoms. The number of benzene rings is 1. The number of aromatic amines is 1. The SMILES string of the molecule is COc1cc(=O)[nH]cc1C(=O)N(C)CC1CCc2ccccc21. The lowest BCUT2D eigenvalue weighted by atomic mass is 10.0. The molecule has 2 aromatic rings. The predicted octanol–water partition coefficient (Wildman–Crippen LogP) is 2.19. The van der Waals surface area contributed by atoms with E-state index >= 15 is 0 Å². The maximum atomic E-state index is 12.7. The Kier molecular flexibility index (Phi) is 4.19. The second-order valence-electron chi connectivity index (χ2n) is 5.90. The first kappa shape index (κ1) is 15.3. The summed E-state index contributed by atoms with van der Waals surface area (Å²) in [4.78, 5) is 28.2. The van der Waals surface area contributed by atoms with Crippen LogP contribution in [0, 0.1) is 0 Å². The number of rotatable bonds is 4. The van der Waals surface area contributed by atoms with Gasteiger partial charge >= 0.3 is 0 Å². The van der Waals surface area contributed by atoms with E-state index in [-0.39, 0.29) is 11.5 Å². The van der Waals surface area contributed by atoms with Crippen LogP contribution in [-0.2, 0) is 6.42 Å². The van der Waals surface area contributed by atoms with Gasteiger partial charge in [0.25, 0.3) is 11.5 Å². The van der Waals surface area contributed by atoms with E-state index in [0.29, 0.717) is 23.8 Å². The fraction of sp³-hybridized carbons (Fsp3) is 0.333. The summed E-state index contributed by atoms with van der Waals surface area (Å²) >= 11 is 0. The van der Waals surface area contributed by atoms with Crippen LogP contribution in [0.25, 0.3) is 0 Å². The summed E-state index contributed by atoms with van der Waals surface area (Å²) in [5, 5.41) is 0. The molecule has 0 bridgehead atoms. The average Bonchev–Trinajstić information content (AvgIpc) is 2.97. The summed E-state index contributed by atoms with van der Waals surface area (Å²) in [6.45, 7) is 0.651. The number of nitrogens with zero attached hydrogens (tertiary/aromatic N) is 1. The molecule has 0 radical (unpaired) electrons. The van der Waals surface area contributed by atoms with Gasteiger partial charge in [0.2, 0.25) is 0 Å². The molecule has 1 aliphatic rings. The molecule has 0 fully saturated rings. The molecular formula is C18H20N2O3. The summed E-state index contributed by atoms with van der Waals surface area (Å²) in [5.74, 6) is 0.508. The highest BCUT2D eigenvalue weighted by Gasteiger charge is 2.26. The normalized spacial score (nSPS) is 16.0. The molecule has 1 aromatic heterocycles. The Balaban J connectivity index is 1.78. The molecular weight excluding hydrogens is 292 g/mol. The Hall–Kier alpha value is -2.56. The second kappa shape index (κ2) is 6.28. The Bertz CT molecular complexity index is 782. The lowest BCUT2D eigenvalue weighted by Gasteiger charge is -2.22. The molecule has 0 spiro atoms. The number of amides is 1. The number of aryl methyl sites for hydroxylation is 1. The van der Waals surface area contributed by atoms with Gasteiger partial charge < -0.3 is 14.6 Å². The molecule has 1 N–H and O–H groups in total. The van der Waals surface area contributed by atoms with Crippen LogP contribution >= 0.6 is 0 Å². The standard InChI is InChI=1S/C18H20N2O3/c1-20(11-13-8-7-12-5-3-4-6-14(12)13)18(22)15-10-19-17(21)9-16(15)23-2/h3-6,9-10,13H,7-8,11H2,1-2H3,(H,19,21). The number of carbonyl (C=O) groups excluding carboxylic acids is 1. The van der Waals surface area contributed by atoms with Crippen molar-refractivity contribution in [3.05, 3.63) is 63.6 Å². The second-order valence-corrected chi connectivity index (χ2v) is 5.90. The number of aromatic nitrogens is 1. The fourth-order valence-electron chi connectivity index (χ4n) is 3.24. The van der Waals surface area contributed by atoms with E-state index in [1.807, 2.05) is 6.07 Å². The third kappa shape index (κ3) is 2.99. The highest BCUT2D eigenvalue weighted by molar-refractivity contribution is 5.96. The van der Waals surface area contributed by atoms with Crippen molar-refractivity contribution in [3.63, 3.8) is 0 Å². The fourth-order valence-corrected chi connectivity index (χ4v) is 3.24. The van der Waals surface area contributed by atoms with Crippen molar-refractivity contribution >= 4 is 5.91 Å². The van der Waals surface area contributed by atoms with Gasteiger partial charge in [-0.25, -0.2) is 0 Å². The molecule has 0 saturated carbocycles. The summed E-state index contributed by atoms with van der Waals surface area (Å²) < 4.78 is 5.16. The zero-order valence-corrected chi connectivity index (χ0v) is 13.3. The van der Waals surface area contributed by atoms with Gasteiger partial charge in [-0.3, -0.25) is 9.59 Å². The molecule has 5 nitrogen and oxygen atoms in total. The maximum Gasteiger partial charge on any atom is 0.258 e. The minimum absolute atomic E-state index is 0.150. The zero-order valence-electron chi connectivity index (χ0n) is 13.3. The minimum atomic E-state index is -0.286. The number of pyridine rings is 1. The first-order valence-corrected chi connectivity index (χ1v) is 7.70. The van der Waals surface area contributed by atoms with Crippen LogP contribution in [-0.4, -0.2) is 36.5 Å². The summed E-state index contributed by atoms with van der Waals surface area (Å²) in [5.41, 5.74) is 2.80. The molecule has 1 aromatic carbocycles. The number of ether oxygens (including phenoxy) is 1. The lowest BCUT2D eigenvalue weighted by molar-refractivity contribution is 0.0782. The molecule has 1 aliphatic carbocycles. The molecule has 1 unspecified atom stereocenters. The number of carbonyl (C=O) groups is 1. The first-order chi connectivity index (χ1) is 11.1. The highest BCUT2D eigenvalue weighted by Crippen LogP contribution is 2.33. The van der Waals surface area contributed by atoms with E-state index in [0.717, 1.165) is 12.8 Å². The van der Waals surface area contributed by atoms with Crippen LogP contribution in [0.3, 0.4) is 0 Å². The monoisotopic (exact) mass is 312 g/mol. The number of likely N-dealkylation sites (N-methyl/N-ethyl adjacent to an activating group) is 1. The summed E-state index contributed by atoms with van der Waals surface area (Å²) in [6, 6.07) is 9.70. The van der Waals surface area contributed by atoms with Gasteiger partial charge in [-0.2, -0.15) is 0 Å². The molecule has 3 rings (SSSR count). The molecule has 1 heterocycles. The van der Waals surface area contributed by atoms with Crippen LogP contribution in [0.1, 0.15) is 33.8 Å². The number of hydrogen-bond donors (Lipinski definition) is 1. The van der Waals surface area contributed by atoms with Gasteiger partial charge in [0, 0.05) is 31.8 Å². The van der Waals surface area contributed by atoms with E-state index in [1.54, 1.807) is 11.9 Å². The van der Waals surface area contributed by atoms with Gasteiger partial charge in [-0.1, -0.05) is 24.3 Å². The quantitative estimate of drug-likeness (QED) is 0.941. The maximum absolute atomic E-state index is 12.7. The molecule has 1 atom stereocenters. The highest BCUT2D eigenvalue weighted by atomic mass is 16.5. The largest absolute Gasteiger partial charge is 0.496 e. The van der Waals surface area contributed by atoms with E-state index in [4.69, 9.17) is 4.74 Å². The number of H-pyrrole nitrogens is 1. The van der Waals surface area contributed by atoms with Crippen LogP contribution < -0.4 is 10.3 Å². The lowest BCUT2D eigenvalue weighted by Crippen LogP contribution is -2.31. The van der Waals surface area contributed by atoms with Crippen molar-refractivity contribution < 1.29 is 9.53 Å².